The van der Waals surface area contributed by atoms with Crippen LogP contribution in [0, 0.1) is 0 Å². The summed E-state index contributed by atoms with van der Waals surface area (Å²) >= 11 is 0. The Morgan fingerprint density at radius 3 is 2.79 bits per heavy atom. The van der Waals surface area contributed by atoms with Gasteiger partial charge in [-0.2, -0.15) is 0 Å². The number of H-pyrrole nitrogens is 1. The van der Waals surface area contributed by atoms with Crippen molar-refractivity contribution in [2.45, 2.75) is 39.4 Å². The summed E-state index contributed by atoms with van der Waals surface area (Å²) in [6.45, 7) is 10.7. The number of nitrogens with one attached hydrogen (secondary N) is 1. The van der Waals surface area contributed by atoms with Gasteiger partial charge >= 0.3 is 5.69 Å². The number of nitrogens with zero attached hydrogens (tertiary/aromatic N) is 4. The molecule has 0 bridgehead atoms. The fourth-order valence-corrected chi connectivity index (χ4v) is 3.79. The zero-order chi connectivity index (χ0) is 19.8. The molecule has 148 valence electrons. The van der Waals surface area contributed by atoms with Gasteiger partial charge in [-0.1, -0.05) is 11.2 Å². The van der Waals surface area contributed by atoms with Crippen LogP contribution in [0.4, 0.5) is 0 Å². The fourth-order valence-electron chi connectivity index (χ4n) is 3.79. The zero-order valence-electron chi connectivity index (χ0n) is 16.4. The highest BCUT2D eigenvalue weighted by atomic mass is 16.5. The van der Waals surface area contributed by atoms with Crippen LogP contribution in [-0.2, 0) is 6.54 Å². The van der Waals surface area contributed by atoms with Crippen molar-refractivity contribution >= 4 is 11.0 Å². The fraction of sp³-hybridized carbons (Fsp3) is 0.450. The van der Waals surface area contributed by atoms with E-state index in [4.69, 9.17) is 4.52 Å². The number of benzene rings is 1. The van der Waals surface area contributed by atoms with Crippen LogP contribution in [0.2, 0.25) is 0 Å². The second-order valence-corrected chi connectivity index (χ2v) is 7.73. The van der Waals surface area contributed by atoms with E-state index in [1.807, 2.05) is 18.2 Å². The first-order chi connectivity index (χ1) is 13.4. The van der Waals surface area contributed by atoms with Gasteiger partial charge in [0.2, 0.25) is 0 Å². The Hall–Kier alpha value is -2.71. The number of hydrogen-bond donors (Lipinski definition) is 1. The van der Waals surface area contributed by atoms with Gasteiger partial charge in [0.15, 0.2) is 11.4 Å². The van der Waals surface area contributed by atoms with Crippen molar-refractivity contribution < 1.29 is 4.52 Å². The van der Waals surface area contributed by atoms with Crippen molar-refractivity contribution in [3.05, 3.63) is 56.9 Å². The highest BCUT2D eigenvalue weighted by molar-refractivity contribution is 5.84. The van der Waals surface area contributed by atoms with E-state index in [1.54, 1.807) is 0 Å². The summed E-state index contributed by atoms with van der Waals surface area (Å²) in [5.74, 6) is 0.385. The molecule has 8 nitrogen and oxygen atoms in total. The third-order valence-electron chi connectivity index (χ3n) is 5.48. The molecule has 0 aliphatic carbocycles. The quantitative estimate of drug-likeness (QED) is 0.736. The van der Waals surface area contributed by atoms with Crippen molar-refractivity contribution in [1.82, 2.24) is 24.5 Å². The van der Waals surface area contributed by atoms with Gasteiger partial charge < -0.3 is 4.52 Å². The number of fused-ring (bicyclic) bond motifs is 1. The molecule has 1 atom stereocenters. The van der Waals surface area contributed by atoms with Crippen LogP contribution in [0.25, 0.3) is 16.8 Å². The molecule has 0 radical (unpaired) electrons. The molecule has 1 saturated heterocycles. The second kappa shape index (κ2) is 7.37. The van der Waals surface area contributed by atoms with Crippen molar-refractivity contribution in [3.8, 4) is 5.82 Å². The Labute approximate surface area is 162 Å². The van der Waals surface area contributed by atoms with Gasteiger partial charge in [0.05, 0.1) is 5.39 Å². The smallest absolute Gasteiger partial charge is 0.334 e. The number of hydrogen-bond acceptors (Lipinski definition) is 6. The van der Waals surface area contributed by atoms with E-state index < -0.39 is 11.2 Å². The first-order valence-corrected chi connectivity index (χ1v) is 9.61. The largest absolute Gasteiger partial charge is 0.354 e. The predicted octanol–water partition coefficient (Wildman–Crippen LogP) is 1.58. The van der Waals surface area contributed by atoms with Crippen molar-refractivity contribution in [2.24, 2.45) is 0 Å². The number of rotatable bonds is 4. The van der Waals surface area contributed by atoms with Crippen LogP contribution in [0.1, 0.15) is 26.3 Å². The molecule has 0 amide bonds. The molecule has 1 N–H and O–H groups in total. The number of aromatic nitrogens is 3. The number of piperazine rings is 1. The molecular weight excluding hydrogens is 358 g/mol. The minimum atomic E-state index is -0.536. The molecule has 1 fully saturated rings. The molecule has 1 aliphatic heterocycles. The lowest BCUT2D eigenvalue weighted by atomic mass is 10.1. The molecule has 0 spiro atoms. The first kappa shape index (κ1) is 18.6. The lowest BCUT2D eigenvalue weighted by molar-refractivity contribution is 0.0597. The highest BCUT2D eigenvalue weighted by Crippen LogP contribution is 2.24. The minimum Gasteiger partial charge on any atom is -0.354 e. The Morgan fingerprint density at radius 2 is 2.07 bits per heavy atom. The van der Waals surface area contributed by atoms with E-state index in [0.717, 1.165) is 37.1 Å². The monoisotopic (exact) mass is 383 g/mol. The molecule has 3 heterocycles. The molecule has 0 saturated carbocycles. The van der Waals surface area contributed by atoms with Crippen molar-refractivity contribution in [1.29, 1.82) is 0 Å². The molecule has 28 heavy (non-hydrogen) atoms. The highest BCUT2D eigenvalue weighted by Gasteiger charge is 2.25. The SMILES string of the molecule is CC(C)N1CCN(Cc2ccc3onc(-n4ccc(=O)[nH]c4=O)c3c2)C(C)C1. The lowest BCUT2D eigenvalue weighted by Gasteiger charge is -2.41. The summed E-state index contributed by atoms with van der Waals surface area (Å²) in [5.41, 5.74) is 0.768. The Bertz CT molecular complexity index is 1100. The van der Waals surface area contributed by atoms with Gasteiger partial charge in [-0.15, -0.1) is 0 Å². The maximum atomic E-state index is 12.1. The van der Waals surface area contributed by atoms with Gasteiger partial charge in [0.25, 0.3) is 5.56 Å². The van der Waals surface area contributed by atoms with Crippen LogP contribution >= 0.6 is 0 Å². The summed E-state index contributed by atoms with van der Waals surface area (Å²) in [5, 5.41) is 4.78. The van der Waals surface area contributed by atoms with Crippen LogP contribution in [0.15, 0.2) is 44.6 Å². The van der Waals surface area contributed by atoms with Gasteiger partial charge in [-0.05, 0) is 38.5 Å². The minimum absolute atomic E-state index is 0.385. The molecule has 1 aromatic carbocycles. The molecule has 3 aromatic rings. The van der Waals surface area contributed by atoms with E-state index in [2.05, 4.69) is 40.7 Å². The van der Waals surface area contributed by atoms with Gasteiger partial charge in [-0.3, -0.25) is 19.6 Å². The molecule has 1 aliphatic rings. The molecular formula is C20H25N5O3. The van der Waals surface area contributed by atoms with E-state index in [9.17, 15) is 9.59 Å². The van der Waals surface area contributed by atoms with Crippen LogP contribution in [0.3, 0.4) is 0 Å². The summed E-state index contributed by atoms with van der Waals surface area (Å²) < 4.78 is 6.67. The van der Waals surface area contributed by atoms with Crippen LogP contribution in [0.5, 0.6) is 0 Å². The maximum Gasteiger partial charge on any atom is 0.334 e. The molecule has 2 aromatic heterocycles. The lowest BCUT2D eigenvalue weighted by Crippen LogP contribution is -2.53. The Kier molecular flexibility index (Phi) is 4.91. The van der Waals surface area contributed by atoms with Gasteiger partial charge in [-0.25, -0.2) is 9.36 Å². The molecule has 1 unspecified atom stereocenters. The molecule has 4 rings (SSSR count). The molecule has 8 heteroatoms. The first-order valence-electron chi connectivity index (χ1n) is 9.61. The van der Waals surface area contributed by atoms with E-state index in [1.165, 1.54) is 16.8 Å². The third-order valence-corrected chi connectivity index (χ3v) is 5.48. The standard InChI is InChI=1S/C20H25N5O3/c1-13(2)23-8-9-24(14(3)11-23)12-15-4-5-17-16(10-15)19(22-28-17)25-7-6-18(26)21-20(25)27/h4-7,10,13-14H,8-9,11-12H2,1-3H3,(H,21,26,27). The van der Waals surface area contributed by atoms with Crippen molar-refractivity contribution in [2.75, 3.05) is 19.6 Å². The van der Waals surface area contributed by atoms with Crippen LogP contribution < -0.4 is 11.2 Å². The van der Waals surface area contributed by atoms with E-state index in [0.29, 0.717) is 23.5 Å². The van der Waals surface area contributed by atoms with Gasteiger partial charge in [0, 0.05) is 50.5 Å². The Morgan fingerprint density at radius 1 is 1.25 bits per heavy atom. The van der Waals surface area contributed by atoms with Gasteiger partial charge in [0.1, 0.15) is 0 Å². The Balaban J connectivity index is 1.61. The second-order valence-electron chi connectivity index (χ2n) is 7.73. The summed E-state index contributed by atoms with van der Waals surface area (Å²) in [6.07, 6.45) is 1.42. The van der Waals surface area contributed by atoms with Crippen molar-refractivity contribution in [3.63, 3.8) is 0 Å². The topological polar surface area (TPSA) is 87.4 Å². The van der Waals surface area contributed by atoms with E-state index >= 15 is 0 Å². The summed E-state index contributed by atoms with van der Waals surface area (Å²) in [6, 6.07) is 8.26. The summed E-state index contributed by atoms with van der Waals surface area (Å²) in [7, 11) is 0. The maximum absolute atomic E-state index is 12.1. The summed E-state index contributed by atoms with van der Waals surface area (Å²) in [4.78, 5) is 30.7. The third kappa shape index (κ3) is 3.53. The zero-order valence-corrected chi connectivity index (χ0v) is 16.4. The average Bonchev–Trinajstić information content (AvgIpc) is 3.06. The predicted molar refractivity (Wildman–Crippen MR) is 107 cm³/mol. The van der Waals surface area contributed by atoms with Crippen LogP contribution in [-0.4, -0.2) is 56.2 Å². The van der Waals surface area contributed by atoms with E-state index in [-0.39, 0.29) is 0 Å². The number of aromatic amines is 1. The normalized spacial score (nSPS) is 18.9. The average molecular weight is 383 g/mol.